The molecule has 0 aromatic heterocycles. The van der Waals surface area contributed by atoms with Crippen LogP contribution in [0.2, 0.25) is 5.02 Å². The van der Waals surface area contributed by atoms with Gasteiger partial charge in [-0.15, -0.1) is 0 Å². The molecule has 2 nitrogen and oxygen atoms in total. The average Bonchev–Trinajstić information content (AvgIpc) is 2.83. The van der Waals surface area contributed by atoms with E-state index in [1.807, 2.05) is 18.2 Å². The van der Waals surface area contributed by atoms with Crippen LogP contribution in [0.5, 0.6) is 0 Å². The second kappa shape index (κ2) is 6.07. The molecule has 1 unspecified atom stereocenters. The Kier molecular flexibility index (Phi) is 4.70. The molecule has 0 aliphatic carbocycles. The molecule has 1 aliphatic heterocycles. The molecule has 0 bridgehead atoms. The molecule has 0 radical (unpaired) electrons. The van der Waals surface area contributed by atoms with Gasteiger partial charge in [0.1, 0.15) is 5.76 Å². The first kappa shape index (κ1) is 13.2. The van der Waals surface area contributed by atoms with Crippen LogP contribution in [-0.4, -0.2) is 13.2 Å². The van der Waals surface area contributed by atoms with Crippen molar-refractivity contribution in [3.8, 4) is 0 Å². The lowest BCUT2D eigenvalue weighted by atomic mass is 10.0. The Morgan fingerprint density at radius 1 is 1.53 bits per heavy atom. The summed E-state index contributed by atoms with van der Waals surface area (Å²) in [5.74, 6) is 1.02. The van der Waals surface area contributed by atoms with Crippen molar-refractivity contribution in [3.63, 3.8) is 0 Å². The second-order valence-corrected chi connectivity index (χ2v) is 5.50. The predicted molar refractivity (Wildman–Crippen MR) is 79.2 cm³/mol. The SMILES string of the molecule is CCNC(C1=CCCO1)c1cc(Cl)ccc1I. The van der Waals surface area contributed by atoms with Crippen molar-refractivity contribution < 1.29 is 4.74 Å². The minimum Gasteiger partial charge on any atom is -0.496 e. The van der Waals surface area contributed by atoms with Crippen LogP contribution in [0.15, 0.2) is 30.0 Å². The van der Waals surface area contributed by atoms with Gasteiger partial charge >= 0.3 is 0 Å². The van der Waals surface area contributed by atoms with Gasteiger partial charge in [-0.2, -0.15) is 0 Å². The zero-order chi connectivity index (χ0) is 12.3. The predicted octanol–water partition coefficient (Wildman–Crippen LogP) is 3.90. The summed E-state index contributed by atoms with van der Waals surface area (Å²) in [6.07, 6.45) is 3.15. The maximum absolute atomic E-state index is 6.08. The maximum atomic E-state index is 6.08. The van der Waals surface area contributed by atoms with Crippen LogP contribution in [0.3, 0.4) is 0 Å². The Hall–Kier alpha value is -0.260. The van der Waals surface area contributed by atoms with Crippen molar-refractivity contribution in [3.05, 3.63) is 44.2 Å². The number of halogens is 2. The summed E-state index contributed by atoms with van der Waals surface area (Å²) < 4.78 is 6.87. The topological polar surface area (TPSA) is 21.3 Å². The van der Waals surface area contributed by atoms with E-state index in [0.29, 0.717) is 0 Å². The van der Waals surface area contributed by atoms with Crippen molar-refractivity contribution in [1.82, 2.24) is 5.32 Å². The van der Waals surface area contributed by atoms with Gasteiger partial charge in [-0.3, -0.25) is 0 Å². The highest BCUT2D eigenvalue weighted by atomic mass is 127. The van der Waals surface area contributed by atoms with Crippen molar-refractivity contribution in [2.24, 2.45) is 0 Å². The summed E-state index contributed by atoms with van der Waals surface area (Å²) in [5.41, 5.74) is 1.19. The molecule has 17 heavy (non-hydrogen) atoms. The van der Waals surface area contributed by atoms with Crippen molar-refractivity contribution in [1.29, 1.82) is 0 Å². The van der Waals surface area contributed by atoms with Gasteiger partial charge in [-0.05, 0) is 59.0 Å². The van der Waals surface area contributed by atoms with E-state index < -0.39 is 0 Å². The molecule has 1 aromatic carbocycles. The summed E-state index contributed by atoms with van der Waals surface area (Å²) in [4.78, 5) is 0. The van der Waals surface area contributed by atoms with E-state index in [1.54, 1.807) is 0 Å². The van der Waals surface area contributed by atoms with Gasteiger partial charge in [0.15, 0.2) is 0 Å². The monoisotopic (exact) mass is 363 g/mol. The number of hydrogen-bond donors (Lipinski definition) is 1. The fourth-order valence-corrected chi connectivity index (χ4v) is 2.77. The smallest absolute Gasteiger partial charge is 0.114 e. The lowest BCUT2D eigenvalue weighted by molar-refractivity contribution is 0.216. The standard InChI is InChI=1S/C13H15ClINO/c1-2-16-13(12-4-3-7-17-12)10-8-9(14)5-6-11(10)15/h4-6,8,13,16H,2-3,7H2,1H3. The fourth-order valence-electron chi connectivity index (χ4n) is 1.94. The molecule has 2 rings (SSSR count). The van der Waals surface area contributed by atoms with E-state index >= 15 is 0 Å². The lowest BCUT2D eigenvalue weighted by Gasteiger charge is -2.21. The van der Waals surface area contributed by atoms with E-state index in [4.69, 9.17) is 16.3 Å². The Morgan fingerprint density at radius 2 is 2.35 bits per heavy atom. The Balaban J connectivity index is 2.34. The Bertz CT molecular complexity index is 433. The number of nitrogens with one attached hydrogen (secondary N) is 1. The molecule has 0 fully saturated rings. The largest absolute Gasteiger partial charge is 0.496 e. The van der Waals surface area contributed by atoms with Crippen molar-refractivity contribution in [2.75, 3.05) is 13.2 Å². The number of hydrogen-bond acceptors (Lipinski definition) is 2. The average molecular weight is 364 g/mol. The van der Waals surface area contributed by atoms with Crippen LogP contribution in [0.4, 0.5) is 0 Å². The highest BCUT2D eigenvalue weighted by Crippen LogP contribution is 2.31. The molecular formula is C13H15ClINO. The normalized spacial score (nSPS) is 16.5. The first-order valence-corrected chi connectivity index (χ1v) is 7.19. The van der Waals surface area contributed by atoms with Crippen LogP contribution in [-0.2, 0) is 4.74 Å². The van der Waals surface area contributed by atoms with E-state index in [-0.39, 0.29) is 6.04 Å². The highest BCUT2D eigenvalue weighted by Gasteiger charge is 2.22. The van der Waals surface area contributed by atoms with Crippen LogP contribution < -0.4 is 5.32 Å². The van der Waals surface area contributed by atoms with E-state index in [0.717, 1.165) is 30.4 Å². The van der Waals surface area contributed by atoms with Gasteiger partial charge in [0.25, 0.3) is 0 Å². The van der Waals surface area contributed by atoms with Crippen LogP contribution >= 0.6 is 34.2 Å². The lowest BCUT2D eigenvalue weighted by Crippen LogP contribution is -2.24. The third kappa shape index (κ3) is 3.14. The first-order valence-electron chi connectivity index (χ1n) is 5.73. The molecule has 1 heterocycles. The van der Waals surface area contributed by atoms with Gasteiger partial charge in [0.2, 0.25) is 0 Å². The molecule has 1 N–H and O–H groups in total. The number of rotatable bonds is 4. The molecule has 0 spiro atoms. The molecule has 92 valence electrons. The highest BCUT2D eigenvalue weighted by molar-refractivity contribution is 14.1. The maximum Gasteiger partial charge on any atom is 0.114 e. The molecule has 0 saturated carbocycles. The zero-order valence-corrected chi connectivity index (χ0v) is 12.6. The Labute approximate surface area is 121 Å². The van der Waals surface area contributed by atoms with Gasteiger partial charge < -0.3 is 10.1 Å². The summed E-state index contributed by atoms with van der Waals surface area (Å²) in [7, 11) is 0. The molecular weight excluding hydrogens is 349 g/mol. The summed E-state index contributed by atoms with van der Waals surface area (Å²) >= 11 is 8.41. The summed E-state index contributed by atoms with van der Waals surface area (Å²) in [6.45, 7) is 3.78. The van der Waals surface area contributed by atoms with E-state index in [9.17, 15) is 0 Å². The number of likely N-dealkylation sites (N-methyl/N-ethyl adjacent to an activating group) is 1. The van der Waals surface area contributed by atoms with Gasteiger partial charge in [-0.25, -0.2) is 0 Å². The van der Waals surface area contributed by atoms with Gasteiger partial charge in [-0.1, -0.05) is 18.5 Å². The van der Waals surface area contributed by atoms with Crippen molar-refractivity contribution in [2.45, 2.75) is 19.4 Å². The van der Waals surface area contributed by atoms with Crippen LogP contribution in [0, 0.1) is 3.57 Å². The summed E-state index contributed by atoms with van der Waals surface area (Å²) in [6, 6.07) is 6.09. The molecule has 4 heteroatoms. The third-order valence-corrected chi connectivity index (χ3v) is 3.91. The number of ether oxygens (including phenoxy) is 1. The van der Waals surface area contributed by atoms with Gasteiger partial charge in [0.05, 0.1) is 12.6 Å². The van der Waals surface area contributed by atoms with Crippen LogP contribution in [0.1, 0.15) is 24.9 Å². The molecule has 0 saturated heterocycles. The molecule has 1 aromatic rings. The van der Waals surface area contributed by atoms with Crippen LogP contribution in [0.25, 0.3) is 0 Å². The van der Waals surface area contributed by atoms with Gasteiger partial charge in [0, 0.05) is 15.0 Å². The first-order chi connectivity index (χ1) is 8.22. The van der Waals surface area contributed by atoms with E-state index in [1.165, 1.54) is 9.13 Å². The molecule has 0 amide bonds. The second-order valence-electron chi connectivity index (χ2n) is 3.90. The molecule has 1 aliphatic rings. The minimum absolute atomic E-state index is 0.119. The molecule has 1 atom stereocenters. The fraction of sp³-hybridized carbons (Fsp3) is 0.385. The number of benzene rings is 1. The minimum atomic E-state index is 0.119. The zero-order valence-electron chi connectivity index (χ0n) is 9.67. The Morgan fingerprint density at radius 3 is 3.00 bits per heavy atom. The quantitative estimate of drug-likeness (QED) is 0.819. The van der Waals surface area contributed by atoms with Crippen molar-refractivity contribution >= 4 is 34.2 Å². The third-order valence-electron chi connectivity index (χ3n) is 2.69. The van der Waals surface area contributed by atoms with E-state index in [2.05, 4.69) is 40.9 Å². The summed E-state index contributed by atoms with van der Waals surface area (Å²) in [5, 5.41) is 4.22.